The molecule has 1 N–H and O–H groups in total. The molecule has 5 nitrogen and oxygen atoms in total. The third-order valence-corrected chi connectivity index (χ3v) is 5.78. The van der Waals surface area contributed by atoms with Crippen LogP contribution < -0.4 is 17.0 Å². The zero-order valence-electron chi connectivity index (χ0n) is 30.4. The Morgan fingerprint density at radius 1 is 1.37 bits per heavy atom. The van der Waals surface area contributed by atoms with Crippen LogP contribution in [0.25, 0.3) is 0 Å². The Hall–Kier alpha value is -0.770. The van der Waals surface area contributed by atoms with Crippen LogP contribution >= 0.6 is 22.7 Å². The summed E-state index contributed by atoms with van der Waals surface area (Å²) in [5, 5.41) is 10.6. The molecule has 2 aromatic rings. The van der Waals surface area contributed by atoms with Gasteiger partial charge in [0, 0.05) is 18.2 Å². The normalized spacial score (nSPS) is 60.8. The summed E-state index contributed by atoms with van der Waals surface area (Å²) in [4.78, 5) is 12.3. The first-order valence-electron chi connectivity index (χ1n) is 15.8. The van der Waals surface area contributed by atoms with Gasteiger partial charge in [-0.3, -0.25) is 0 Å². The molecule has 2 aromatic heterocycles. The van der Waals surface area contributed by atoms with E-state index in [-0.39, 0.29) is 39.7 Å². The molecule has 4 unspecified atom stereocenters. The number of hydrogen-bond acceptors (Lipinski definition) is 6. The van der Waals surface area contributed by atoms with Crippen molar-refractivity contribution in [3.05, 3.63) is 44.6 Å². The van der Waals surface area contributed by atoms with Gasteiger partial charge in [0.25, 0.3) is 0 Å². The maximum atomic E-state index is 13.9. The number of carbonyl (C=O) groups is 1. The second-order valence-corrected chi connectivity index (χ2v) is 7.45. The van der Waals surface area contributed by atoms with Crippen LogP contribution in [0.15, 0.2) is 34.9 Å². The van der Waals surface area contributed by atoms with Crippen LogP contribution in [-0.4, -0.2) is 59.9 Å². The van der Waals surface area contributed by atoms with Crippen molar-refractivity contribution in [3.8, 4) is 0 Å². The van der Waals surface area contributed by atoms with E-state index >= 15 is 0 Å². The Morgan fingerprint density at radius 2 is 1.93 bits per heavy atom. The minimum atomic E-state index is -3.76. The fourth-order valence-electron chi connectivity index (χ4n) is 2.82. The van der Waals surface area contributed by atoms with Gasteiger partial charge in [0.2, 0.25) is 5.60 Å². The average molecular weight is 490 g/mol. The molecule has 0 aromatic carbocycles. The largest absolute Gasteiger partial charge is 1.00 e. The fraction of sp³-hybridized carbons (Fsp3) is 0.526. The predicted octanol–water partition coefficient (Wildman–Crippen LogP) is -0.650. The first kappa shape index (κ1) is 7.81. The molecule has 3 aliphatic heterocycles. The number of epoxide rings is 1. The number of piperidine rings is 1. The molecule has 3 fully saturated rings. The van der Waals surface area contributed by atoms with Crippen molar-refractivity contribution in [2.45, 2.75) is 48.6 Å². The Balaban J connectivity index is 0.00000442. The number of thiophene rings is 2. The number of carbonyl (C=O) groups excluding carboxylic acids is 1. The number of rotatable bonds is 4. The number of likely N-dealkylation sites (N-methyl/N-ethyl adjacent to an activating group) is 1. The van der Waals surface area contributed by atoms with Crippen molar-refractivity contribution in [2.24, 2.45) is 0 Å². The highest BCUT2D eigenvalue weighted by Crippen LogP contribution is 2.52. The van der Waals surface area contributed by atoms with E-state index in [1.165, 1.54) is 0 Å². The van der Waals surface area contributed by atoms with E-state index in [1.807, 2.05) is 0 Å². The van der Waals surface area contributed by atoms with Crippen molar-refractivity contribution in [3.63, 3.8) is 0 Å². The van der Waals surface area contributed by atoms with E-state index in [0.29, 0.717) is 7.05 Å². The molecule has 4 atom stereocenters. The molecule has 5 rings (SSSR count). The van der Waals surface area contributed by atoms with Gasteiger partial charge < -0.3 is 36.0 Å². The van der Waals surface area contributed by atoms with Crippen LogP contribution in [0, 0.1) is 0 Å². The standard InChI is InChI=1S/C19H22NO4S2.BrH/c1-20(2)12-9-11(10-13(20)17-16(12)24-17)23-18(21)19(22,14-5-3-7-25-14)15-6-4-8-26-15;/h3-8,11-13,16-17,22H,9-10H2,1-2H3;1H/q+1;/p-1/i1D3,3D,4D,5D,6D,7D,8D,9D2,10D2,12D,13D,16D,17D;. The van der Waals surface area contributed by atoms with Crippen molar-refractivity contribution in [1.82, 2.24) is 0 Å². The summed E-state index contributed by atoms with van der Waals surface area (Å²) in [6, 6.07) is -10.5. The molecule has 5 heterocycles. The maximum Gasteiger partial charge on any atom is 0.349 e. The van der Waals surface area contributed by atoms with Gasteiger partial charge in [-0.1, -0.05) is 12.1 Å². The number of nitrogens with zero attached hydrogens (tertiary/aromatic N) is 1. The summed E-state index contributed by atoms with van der Waals surface area (Å²) in [7, 11) is 0.617. The van der Waals surface area contributed by atoms with Gasteiger partial charge >= 0.3 is 5.97 Å². The number of aliphatic hydroxyl groups is 1. The molecule has 3 aliphatic rings. The maximum absolute atomic E-state index is 13.9. The van der Waals surface area contributed by atoms with Gasteiger partial charge in [-0.25, -0.2) is 4.79 Å². The van der Waals surface area contributed by atoms with Crippen LogP contribution in [0.2, 0.25) is 0 Å². The summed E-state index contributed by atoms with van der Waals surface area (Å²) in [6.07, 6.45) is -16.8. The predicted molar refractivity (Wildman–Crippen MR) is 99.1 cm³/mol. The molecule has 2 bridgehead atoms. The van der Waals surface area contributed by atoms with Gasteiger partial charge in [0.1, 0.15) is 30.3 Å². The van der Waals surface area contributed by atoms with E-state index in [2.05, 4.69) is 0 Å². The van der Waals surface area contributed by atoms with Crippen molar-refractivity contribution in [2.75, 3.05) is 14.0 Å². The Bertz CT molecular complexity index is 1510. The number of ether oxygens (including phenoxy) is 2. The van der Waals surface area contributed by atoms with E-state index in [1.54, 1.807) is 0 Å². The molecular formula is C19H22BrNO4S2. The molecule has 0 spiro atoms. The third kappa shape index (κ3) is 2.84. The molecule has 3 saturated heterocycles. The molecule has 0 amide bonds. The van der Waals surface area contributed by atoms with Gasteiger partial charge in [-0.15, -0.1) is 22.7 Å². The quantitative estimate of drug-likeness (QED) is 0.353. The lowest BCUT2D eigenvalue weighted by molar-refractivity contribution is -0.938. The van der Waals surface area contributed by atoms with Gasteiger partial charge in [0.05, 0.1) is 41.6 Å². The van der Waals surface area contributed by atoms with E-state index in [0.717, 1.165) is 0 Å². The van der Waals surface area contributed by atoms with E-state index in [9.17, 15) is 9.90 Å². The van der Waals surface area contributed by atoms with E-state index in [4.69, 9.17) is 32.8 Å². The highest BCUT2D eigenvalue weighted by atomic mass is 79.9. The molecule has 0 radical (unpaired) electrons. The zero-order valence-corrected chi connectivity index (χ0v) is 16.6. The lowest BCUT2D eigenvalue weighted by Gasteiger charge is -2.45. The number of quaternary nitrogens is 1. The minimum Gasteiger partial charge on any atom is -1.00 e. The summed E-state index contributed by atoms with van der Waals surface area (Å²) in [5.41, 5.74) is -3.42. The third-order valence-electron chi connectivity index (χ3n) is 4.17. The Labute approximate surface area is 200 Å². The summed E-state index contributed by atoms with van der Waals surface area (Å²) in [6.45, 7) is -3.60. The summed E-state index contributed by atoms with van der Waals surface area (Å²) in [5.74, 6) is -2.06. The van der Waals surface area contributed by atoms with Gasteiger partial charge in [0.15, 0.2) is 0 Å². The first-order valence-corrected chi connectivity index (χ1v) is 8.92. The molecule has 0 aliphatic carbocycles. The first-order chi connectivity index (χ1) is 19.1. The number of morpholine rings is 1. The Kier molecular flexibility index (Phi) is 1.92. The zero-order chi connectivity index (χ0) is 33.1. The Morgan fingerprint density at radius 3 is 2.37 bits per heavy atom. The topological polar surface area (TPSA) is 59.1 Å². The summed E-state index contributed by atoms with van der Waals surface area (Å²) < 4.78 is 151. The number of fused-ring (bicyclic) bond motifs is 5. The van der Waals surface area contributed by atoms with Crippen LogP contribution in [0.5, 0.6) is 0 Å². The monoisotopic (exact) mass is 488 g/mol. The smallest absolute Gasteiger partial charge is 0.349 e. The lowest BCUT2D eigenvalue weighted by atomic mass is 9.95. The molecule has 0 saturated carbocycles. The van der Waals surface area contributed by atoms with Gasteiger partial charge in [-0.05, 0) is 22.8 Å². The van der Waals surface area contributed by atoms with Crippen LogP contribution in [0.4, 0.5) is 0 Å². The number of esters is 1. The van der Waals surface area contributed by atoms with Crippen LogP contribution in [0.1, 0.15) is 45.8 Å². The van der Waals surface area contributed by atoms with Crippen LogP contribution in [0.3, 0.4) is 0 Å². The molecule has 27 heavy (non-hydrogen) atoms. The molecule has 146 valence electrons. The number of hydrogen-bond donors (Lipinski definition) is 1. The lowest BCUT2D eigenvalue weighted by Crippen LogP contribution is -3.00. The highest BCUT2D eigenvalue weighted by molar-refractivity contribution is 7.12. The molecule has 8 heteroatoms. The second-order valence-electron chi connectivity index (χ2n) is 5.81. The number of halogens is 1. The minimum absolute atomic E-state index is 0. The second kappa shape index (κ2) is 6.64. The van der Waals surface area contributed by atoms with Crippen molar-refractivity contribution >= 4 is 28.6 Å². The van der Waals surface area contributed by atoms with Crippen LogP contribution in [-0.2, 0) is 19.9 Å². The van der Waals surface area contributed by atoms with Crippen molar-refractivity contribution in [1.29, 1.82) is 0 Å². The summed E-state index contributed by atoms with van der Waals surface area (Å²) >= 11 is 0.401. The fourth-order valence-corrected chi connectivity index (χ4v) is 4.16. The highest BCUT2D eigenvalue weighted by Gasteiger charge is 2.71. The average Bonchev–Trinajstić information content (AvgIpc) is 3.23. The SMILES string of the molecule is [2H]c1sc(C(O)(C(=O)OC2C([2H])([2H])C3([2H])C4([2H])OC4([2H])C([2H])(C2([2H])[2H])[N+]3(C)C([2H])([2H])[2H])c2sc([2H])c([2H])c2[2H])c([2H])c1[2H].[Br-]. The van der Waals surface area contributed by atoms with Gasteiger partial charge in [-0.2, -0.15) is 0 Å². The van der Waals surface area contributed by atoms with Crippen molar-refractivity contribution < 1.29 is 64.1 Å². The molecular weight excluding hydrogens is 450 g/mol. The van der Waals surface area contributed by atoms with E-state index < -0.39 is 111 Å².